The number of aromatic nitrogens is 2. The van der Waals surface area contributed by atoms with Gasteiger partial charge in [-0.25, -0.2) is 4.52 Å². The lowest BCUT2D eigenvalue weighted by Crippen LogP contribution is -2.21. The first-order chi connectivity index (χ1) is 7.09. The Bertz CT molecular complexity index is 514. The fourth-order valence-electron chi connectivity index (χ4n) is 1.49. The van der Waals surface area contributed by atoms with Crippen molar-refractivity contribution in [1.82, 2.24) is 14.5 Å². The lowest BCUT2D eigenvalue weighted by Gasteiger charge is -2.08. The zero-order valence-corrected chi connectivity index (χ0v) is 9.06. The van der Waals surface area contributed by atoms with Gasteiger partial charge < -0.3 is 4.90 Å². The summed E-state index contributed by atoms with van der Waals surface area (Å²) in [6.45, 7) is 1.99. The van der Waals surface area contributed by atoms with E-state index in [1.165, 1.54) is 0 Å². The summed E-state index contributed by atoms with van der Waals surface area (Å²) in [5.74, 6) is -0.0196. The van der Waals surface area contributed by atoms with Crippen LogP contribution in [0.4, 0.5) is 0 Å². The molecule has 4 heteroatoms. The Kier molecular flexibility index (Phi) is 2.19. The number of aryl methyl sites for hydroxylation is 1. The minimum absolute atomic E-state index is 0.0196. The van der Waals surface area contributed by atoms with Crippen LogP contribution in [-0.2, 0) is 0 Å². The molecule has 0 saturated carbocycles. The summed E-state index contributed by atoms with van der Waals surface area (Å²) >= 11 is 0. The predicted octanol–water partition coefficient (Wildman–Crippen LogP) is 1.34. The van der Waals surface area contributed by atoms with Gasteiger partial charge in [0.25, 0.3) is 5.91 Å². The summed E-state index contributed by atoms with van der Waals surface area (Å²) in [5.41, 5.74) is 2.61. The van der Waals surface area contributed by atoms with Crippen molar-refractivity contribution in [2.75, 3.05) is 14.1 Å². The quantitative estimate of drug-likeness (QED) is 0.701. The van der Waals surface area contributed by atoms with Gasteiger partial charge in [-0.05, 0) is 18.6 Å². The molecule has 78 valence electrons. The third-order valence-electron chi connectivity index (χ3n) is 2.30. The van der Waals surface area contributed by atoms with E-state index in [4.69, 9.17) is 0 Å². The molecule has 0 radical (unpaired) electrons. The lowest BCUT2D eigenvalue weighted by molar-refractivity contribution is 0.0829. The minimum Gasteiger partial charge on any atom is -0.345 e. The van der Waals surface area contributed by atoms with Crippen molar-refractivity contribution >= 4 is 11.4 Å². The number of hydrogen-bond donors (Lipinski definition) is 0. The Hall–Kier alpha value is -1.84. The maximum absolute atomic E-state index is 11.8. The van der Waals surface area contributed by atoms with Gasteiger partial charge in [0.05, 0.1) is 17.3 Å². The van der Waals surface area contributed by atoms with Crippen LogP contribution in [0.1, 0.15) is 15.9 Å². The molecule has 0 fully saturated rings. The van der Waals surface area contributed by atoms with Gasteiger partial charge in [-0.1, -0.05) is 6.07 Å². The average molecular weight is 203 g/mol. The third kappa shape index (κ3) is 1.58. The van der Waals surface area contributed by atoms with Crippen molar-refractivity contribution in [3.05, 3.63) is 35.7 Å². The van der Waals surface area contributed by atoms with Crippen LogP contribution in [0.5, 0.6) is 0 Å². The first-order valence-corrected chi connectivity index (χ1v) is 4.75. The van der Waals surface area contributed by atoms with E-state index in [9.17, 15) is 4.79 Å². The second kappa shape index (κ2) is 3.38. The first kappa shape index (κ1) is 9.71. The summed E-state index contributed by atoms with van der Waals surface area (Å²) in [6.07, 6.45) is 3.51. The third-order valence-corrected chi connectivity index (χ3v) is 2.30. The first-order valence-electron chi connectivity index (χ1n) is 4.75. The van der Waals surface area contributed by atoms with Crippen molar-refractivity contribution in [3.63, 3.8) is 0 Å². The van der Waals surface area contributed by atoms with E-state index in [-0.39, 0.29) is 5.91 Å². The fraction of sp³-hybridized carbons (Fsp3) is 0.273. The molecule has 15 heavy (non-hydrogen) atoms. The number of pyridine rings is 1. The monoisotopic (exact) mass is 203 g/mol. The Balaban J connectivity index is 2.59. The average Bonchev–Trinajstić information content (AvgIpc) is 2.59. The van der Waals surface area contributed by atoms with Gasteiger partial charge in [-0.2, -0.15) is 5.10 Å². The predicted molar refractivity (Wildman–Crippen MR) is 57.9 cm³/mol. The molecule has 0 aromatic carbocycles. The molecule has 2 aromatic rings. The molecule has 4 nitrogen and oxygen atoms in total. The maximum Gasteiger partial charge on any atom is 0.257 e. The van der Waals surface area contributed by atoms with Crippen LogP contribution in [0, 0.1) is 6.92 Å². The molecule has 0 atom stereocenters. The van der Waals surface area contributed by atoms with Gasteiger partial charge in [0.15, 0.2) is 0 Å². The molecule has 0 bridgehead atoms. The van der Waals surface area contributed by atoms with Gasteiger partial charge in [-0.3, -0.25) is 4.79 Å². The van der Waals surface area contributed by atoms with E-state index >= 15 is 0 Å². The van der Waals surface area contributed by atoms with Gasteiger partial charge in [0.1, 0.15) is 0 Å². The number of fused-ring (bicyclic) bond motifs is 1. The lowest BCUT2D eigenvalue weighted by atomic mass is 10.2. The van der Waals surface area contributed by atoms with Crippen molar-refractivity contribution in [2.24, 2.45) is 0 Å². The number of rotatable bonds is 1. The Morgan fingerprint density at radius 1 is 1.40 bits per heavy atom. The standard InChI is InChI=1S/C11H13N3O/c1-8-4-5-10-9(11(15)13(2)3)6-12-14(10)7-8/h4-7H,1-3H3. The summed E-state index contributed by atoms with van der Waals surface area (Å²) in [7, 11) is 3.47. The number of carbonyl (C=O) groups excluding carboxylic acids is 1. The number of nitrogens with zero attached hydrogens (tertiary/aromatic N) is 3. The van der Waals surface area contributed by atoms with E-state index < -0.39 is 0 Å². The molecule has 0 aliphatic rings. The van der Waals surface area contributed by atoms with E-state index in [0.29, 0.717) is 5.56 Å². The van der Waals surface area contributed by atoms with Crippen LogP contribution in [0.2, 0.25) is 0 Å². The number of carbonyl (C=O) groups is 1. The van der Waals surface area contributed by atoms with Crippen molar-refractivity contribution in [2.45, 2.75) is 6.92 Å². The van der Waals surface area contributed by atoms with Crippen LogP contribution >= 0.6 is 0 Å². The highest BCUT2D eigenvalue weighted by Crippen LogP contribution is 2.12. The molecule has 2 rings (SSSR count). The molecular weight excluding hydrogens is 190 g/mol. The molecule has 0 saturated heterocycles. The van der Waals surface area contributed by atoms with E-state index in [1.807, 2.05) is 25.3 Å². The topological polar surface area (TPSA) is 37.6 Å². The Morgan fingerprint density at radius 2 is 2.13 bits per heavy atom. The van der Waals surface area contributed by atoms with Crippen LogP contribution < -0.4 is 0 Å². The second-order valence-corrected chi connectivity index (χ2v) is 3.79. The summed E-state index contributed by atoms with van der Waals surface area (Å²) in [5, 5.41) is 4.15. The summed E-state index contributed by atoms with van der Waals surface area (Å²) in [4.78, 5) is 13.3. The van der Waals surface area contributed by atoms with Crippen LogP contribution in [0.3, 0.4) is 0 Å². The highest BCUT2D eigenvalue weighted by Gasteiger charge is 2.13. The highest BCUT2D eigenvalue weighted by atomic mass is 16.2. The van der Waals surface area contributed by atoms with Gasteiger partial charge in [-0.15, -0.1) is 0 Å². The van der Waals surface area contributed by atoms with Crippen LogP contribution in [-0.4, -0.2) is 34.5 Å². The molecule has 0 unspecified atom stereocenters. The molecule has 2 aromatic heterocycles. The molecule has 1 amide bonds. The Morgan fingerprint density at radius 3 is 2.80 bits per heavy atom. The van der Waals surface area contributed by atoms with E-state index in [0.717, 1.165) is 11.1 Å². The largest absolute Gasteiger partial charge is 0.345 e. The Labute approximate surface area is 88.1 Å². The molecular formula is C11H13N3O. The fourth-order valence-corrected chi connectivity index (χ4v) is 1.49. The van der Waals surface area contributed by atoms with Gasteiger partial charge in [0, 0.05) is 20.3 Å². The molecule has 0 N–H and O–H groups in total. The molecule has 0 aliphatic heterocycles. The zero-order valence-electron chi connectivity index (χ0n) is 9.06. The maximum atomic E-state index is 11.8. The normalized spacial score (nSPS) is 10.6. The zero-order chi connectivity index (χ0) is 11.0. The van der Waals surface area contributed by atoms with E-state index in [1.54, 1.807) is 29.7 Å². The van der Waals surface area contributed by atoms with Crippen molar-refractivity contribution in [1.29, 1.82) is 0 Å². The van der Waals surface area contributed by atoms with Crippen molar-refractivity contribution in [3.8, 4) is 0 Å². The van der Waals surface area contributed by atoms with Crippen LogP contribution in [0.15, 0.2) is 24.5 Å². The van der Waals surface area contributed by atoms with Gasteiger partial charge >= 0.3 is 0 Å². The molecule has 0 aliphatic carbocycles. The highest BCUT2D eigenvalue weighted by molar-refractivity contribution is 6.00. The second-order valence-electron chi connectivity index (χ2n) is 3.79. The SMILES string of the molecule is Cc1ccc2c(C(=O)N(C)C)cnn2c1. The smallest absolute Gasteiger partial charge is 0.257 e. The summed E-state index contributed by atoms with van der Waals surface area (Å²) < 4.78 is 1.73. The molecule has 2 heterocycles. The number of hydrogen-bond acceptors (Lipinski definition) is 2. The van der Waals surface area contributed by atoms with E-state index in [2.05, 4.69) is 5.10 Å². The number of amides is 1. The van der Waals surface area contributed by atoms with Crippen molar-refractivity contribution < 1.29 is 4.79 Å². The minimum atomic E-state index is -0.0196. The van der Waals surface area contributed by atoms with Crippen LogP contribution in [0.25, 0.3) is 5.52 Å². The molecule has 0 spiro atoms. The van der Waals surface area contributed by atoms with Gasteiger partial charge in [0.2, 0.25) is 0 Å². The summed E-state index contributed by atoms with van der Waals surface area (Å²) in [6, 6.07) is 3.89.